The van der Waals surface area contributed by atoms with E-state index in [2.05, 4.69) is 10.3 Å². The Labute approximate surface area is 123 Å². The molecule has 0 spiro atoms. The van der Waals surface area contributed by atoms with Crippen molar-refractivity contribution < 1.29 is 9.53 Å². The lowest BCUT2D eigenvalue weighted by Crippen LogP contribution is -2.16. The van der Waals surface area contributed by atoms with E-state index in [-0.39, 0.29) is 17.6 Å². The molecule has 0 bridgehead atoms. The molecular weight excluding hydrogens is 268 g/mol. The lowest BCUT2D eigenvalue weighted by molar-refractivity contribution is 0.102. The molecule has 0 saturated heterocycles. The third kappa shape index (κ3) is 4.21. The zero-order valence-corrected chi connectivity index (χ0v) is 12.3. The number of ether oxygens (including phenoxy) is 1. The van der Waals surface area contributed by atoms with Gasteiger partial charge in [0.1, 0.15) is 5.75 Å². The molecule has 5 nitrogen and oxygen atoms in total. The van der Waals surface area contributed by atoms with Crippen LogP contribution in [-0.2, 0) is 0 Å². The van der Waals surface area contributed by atoms with Crippen molar-refractivity contribution in [2.45, 2.75) is 26.9 Å². The van der Waals surface area contributed by atoms with Gasteiger partial charge in [0, 0.05) is 23.0 Å². The first-order chi connectivity index (χ1) is 9.94. The number of carbonyl (C=O) groups is 1. The molecule has 0 fully saturated rings. The monoisotopic (exact) mass is 286 g/mol. The van der Waals surface area contributed by atoms with E-state index >= 15 is 0 Å². The van der Waals surface area contributed by atoms with Crippen LogP contribution in [0.3, 0.4) is 0 Å². The van der Waals surface area contributed by atoms with Gasteiger partial charge in [0.2, 0.25) is 5.56 Å². The summed E-state index contributed by atoms with van der Waals surface area (Å²) in [5.41, 5.74) is 1.34. The average Bonchev–Trinajstić information content (AvgIpc) is 2.39. The van der Waals surface area contributed by atoms with Gasteiger partial charge in [0.05, 0.1) is 6.10 Å². The molecule has 1 heterocycles. The molecule has 5 heteroatoms. The molecule has 2 N–H and O–H groups in total. The number of amides is 1. The number of H-pyrrole nitrogens is 1. The molecule has 0 atom stereocenters. The number of rotatable bonds is 4. The molecule has 0 aliphatic rings. The fraction of sp³-hybridized carbons (Fsp3) is 0.250. The van der Waals surface area contributed by atoms with Crippen LogP contribution in [0.1, 0.15) is 29.9 Å². The van der Waals surface area contributed by atoms with E-state index in [1.165, 1.54) is 6.07 Å². The fourth-order valence-corrected chi connectivity index (χ4v) is 1.91. The molecule has 1 aromatic heterocycles. The molecular formula is C16H18N2O3. The third-order valence-electron chi connectivity index (χ3n) is 2.73. The summed E-state index contributed by atoms with van der Waals surface area (Å²) >= 11 is 0. The maximum absolute atomic E-state index is 12.1. The van der Waals surface area contributed by atoms with Gasteiger partial charge >= 0.3 is 0 Å². The Morgan fingerprint density at radius 1 is 1.19 bits per heavy atom. The van der Waals surface area contributed by atoms with E-state index in [4.69, 9.17) is 4.74 Å². The number of carbonyl (C=O) groups excluding carboxylic acids is 1. The van der Waals surface area contributed by atoms with Crippen LogP contribution in [0.2, 0.25) is 0 Å². The molecule has 0 aliphatic heterocycles. The van der Waals surface area contributed by atoms with Crippen molar-refractivity contribution in [1.82, 2.24) is 4.98 Å². The van der Waals surface area contributed by atoms with Gasteiger partial charge in [-0.1, -0.05) is 0 Å². The summed E-state index contributed by atoms with van der Waals surface area (Å²) in [4.78, 5) is 26.1. The number of hydrogen-bond donors (Lipinski definition) is 2. The highest BCUT2D eigenvalue weighted by molar-refractivity contribution is 6.04. The van der Waals surface area contributed by atoms with E-state index in [1.807, 2.05) is 13.8 Å². The first kappa shape index (κ1) is 14.8. The SMILES string of the molecule is Cc1cc(C(=O)Nc2ccc(OC(C)C)cc2)cc(=O)[nH]1. The number of benzene rings is 1. The lowest BCUT2D eigenvalue weighted by atomic mass is 10.2. The van der Waals surface area contributed by atoms with Gasteiger partial charge in [0.15, 0.2) is 0 Å². The Bertz CT molecular complexity index is 687. The van der Waals surface area contributed by atoms with Crippen molar-refractivity contribution in [3.8, 4) is 5.75 Å². The minimum absolute atomic E-state index is 0.101. The van der Waals surface area contributed by atoms with Crippen LogP contribution >= 0.6 is 0 Å². The fourth-order valence-electron chi connectivity index (χ4n) is 1.91. The number of hydrogen-bond acceptors (Lipinski definition) is 3. The first-order valence-electron chi connectivity index (χ1n) is 6.73. The second-order valence-electron chi connectivity index (χ2n) is 5.06. The van der Waals surface area contributed by atoms with Gasteiger partial charge in [-0.15, -0.1) is 0 Å². The lowest BCUT2D eigenvalue weighted by Gasteiger charge is -2.10. The zero-order chi connectivity index (χ0) is 15.4. The minimum atomic E-state index is -0.318. The Morgan fingerprint density at radius 3 is 2.43 bits per heavy atom. The van der Waals surface area contributed by atoms with Crippen molar-refractivity contribution >= 4 is 11.6 Å². The molecule has 1 amide bonds. The van der Waals surface area contributed by atoms with Crippen LogP contribution in [0.25, 0.3) is 0 Å². The maximum atomic E-state index is 12.1. The Balaban J connectivity index is 2.10. The van der Waals surface area contributed by atoms with Crippen LogP contribution in [0.5, 0.6) is 5.75 Å². The molecule has 0 unspecified atom stereocenters. The predicted octanol–water partition coefficient (Wildman–Crippen LogP) is 2.72. The topological polar surface area (TPSA) is 71.2 Å². The van der Waals surface area contributed by atoms with Crippen LogP contribution in [0, 0.1) is 6.92 Å². The smallest absolute Gasteiger partial charge is 0.255 e. The minimum Gasteiger partial charge on any atom is -0.491 e. The summed E-state index contributed by atoms with van der Waals surface area (Å²) in [5.74, 6) is 0.428. The van der Waals surface area contributed by atoms with Crippen LogP contribution in [0.15, 0.2) is 41.2 Å². The summed E-state index contributed by atoms with van der Waals surface area (Å²) in [6.07, 6.45) is 0.101. The second-order valence-corrected chi connectivity index (χ2v) is 5.06. The Morgan fingerprint density at radius 2 is 1.86 bits per heavy atom. The molecule has 110 valence electrons. The van der Waals surface area contributed by atoms with Gasteiger partial charge in [0.25, 0.3) is 5.91 Å². The molecule has 0 radical (unpaired) electrons. The summed E-state index contributed by atoms with van der Waals surface area (Å²) in [6.45, 7) is 5.63. The Hall–Kier alpha value is -2.56. The van der Waals surface area contributed by atoms with Gasteiger partial charge in [-0.3, -0.25) is 9.59 Å². The first-order valence-corrected chi connectivity index (χ1v) is 6.73. The predicted molar refractivity (Wildman–Crippen MR) is 82.0 cm³/mol. The highest BCUT2D eigenvalue weighted by Gasteiger charge is 2.08. The zero-order valence-electron chi connectivity index (χ0n) is 12.3. The maximum Gasteiger partial charge on any atom is 0.255 e. The average molecular weight is 286 g/mol. The number of pyridine rings is 1. The van der Waals surface area contributed by atoms with E-state index in [1.54, 1.807) is 37.3 Å². The number of anilines is 1. The highest BCUT2D eigenvalue weighted by Crippen LogP contribution is 2.17. The number of aromatic nitrogens is 1. The summed E-state index contributed by atoms with van der Waals surface area (Å²) < 4.78 is 5.53. The molecule has 2 aromatic rings. The summed E-state index contributed by atoms with van der Waals surface area (Å²) in [7, 11) is 0. The van der Waals surface area contributed by atoms with Crippen LogP contribution in [0.4, 0.5) is 5.69 Å². The van der Waals surface area contributed by atoms with Gasteiger partial charge in [-0.05, 0) is 51.1 Å². The molecule has 1 aromatic carbocycles. The van der Waals surface area contributed by atoms with E-state index in [0.717, 1.165) is 5.75 Å². The van der Waals surface area contributed by atoms with E-state index in [9.17, 15) is 9.59 Å². The van der Waals surface area contributed by atoms with Crippen LogP contribution in [-0.4, -0.2) is 17.0 Å². The molecule has 21 heavy (non-hydrogen) atoms. The van der Waals surface area contributed by atoms with Crippen molar-refractivity contribution in [2.75, 3.05) is 5.32 Å². The van der Waals surface area contributed by atoms with Gasteiger partial charge in [-0.25, -0.2) is 0 Å². The summed E-state index contributed by atoms with van der Waals surface area (Å²) in [6, 6.07) is 10.0. The van der Waals surface area contributed by atoms with Gasteiger partial charge in [-0.2, -0.15) is 0 Å². The number of nitrogens with one attached hydrogen (secondary N) is 2. The summed E-state index contributed by atoms with van der Waals surface area (Å²) in [5, 5.41) is 2.75. The Kier molecular flexibility index (Phi) is 4.42. The van der Waals surface area contributed by atoms with E-state index < -0.39 is 0 Å². The molecule has 0 aliphatic carbocycles. The molecule has 0 saturated carbocycles. The van der Waals surface area contributed by atoms with E-state index in [0.29, 0.717) is 16.9 Å². The standard InChI is InChI=1S/C16H18N2O3/c1-10(2)21-14-6-4-13(5-7-14)18-16(20)12-8-11(3)17-15(19)9-12/h4-10H,1-3H3,(H,17,19)(H,18,20). The third-order valence-corrected chi connectivity index (χ3v) is 2.73. The van der Waals surface area contributed by atoms with Crippen molar-refractivity contribution in [3.63, 3.8) is 0 Å². The van der Waals surface area contributed by atoms with Crippen molar-refractivity contribution in [2.24, 2.45) is 0 Å². The second kappa shape index (κ2) is 6.26. The molecule has 2 rings (SSSR count). The van der Waals surface area contributed by atoms with Crippen molar-refractivity contribution in [1.29, 1.82) is 0 Å². The van der Waals surface area contributed by atoms with Crippen molar-refractivity contribution in [3.05, 3.63) is 58.0 Å². The largest absolute Gasteiger partial charge is 0.491 e. The quantitative estimate of drug-likeness (QED) is 0.907. The van der Waals surface area contributed by atoms with Crippen LogP contribution < -0.4 is 15.6 Å². The highest BCUT2D eigenvalue weighted by atomic mass is 16.5. The number of aromatic amines is 1. The van der Waals surface area contributed by atoms with Gasteiger partial charge < -0.3 is 15.0 Å². The normalized spacial score (nSPS) is 10.5. The number of aryl methyl sites for hydroxylation is 1.